The smallest absolute Gasteiger partial charge is 0.220 e. The van der Waals surface area contributed by atoms with Crippen LogP contribution in [0.2, 0.25) is 0 Å². The third kappa shape index (κ3) is 30.0. The molecule has 0 bridgehead atoms. The highest BCUT2D eigenvalue weighted by molar-refractivity contribution is 5.76. The Bertz CT molecular complexity index is 919. The number of carbonyl (C=O) groups is 1. The average Bonchev–Trinajstić information content (AvgIpc) is 3.22. The maximum Gasteiger partial charge on any atom is 0.220 e. The second-order valence-electron chi connectivity index (χ2n) is 17.6. The molecule has 0 aromatic rings. The van der Waals surface area contributed by atoms with Crippen molar-refractivity contribution in [2.75, 3.05) is 13.2 Å². The fourth-order valence-corrected chi connectivity index (χ4v) is 8.10. The number of nitrogens with one attached hydrogen (secondary N) is 1. The van der Waals surface area contributed by atoms with E-state index in [4.69, 9.17) is 9.47 Å². The van der Waals surface area contributed by atoms with Gasteiger partial charge in [-0.25, -0.2) is 0 Å². The van der Waals surface area contributed by atoms with E-state index in [1.165, 1.54) is 180 Å². The zero-order valence-corrected chi connectivity index (χ0v) is 37.8. The average molecular weight is 826 g/mol. The van der Waals surface area contributed by atoms with Crippen molar-refractivity contribution in [2.24, 2.45) is 0 Å². The number of aliphatic hydroxyl groups is 5. The summed E-state index contributed by atoms with van der Waals surface area (Å²) in [5.41, 5.74) is 0. The van der Waals surface area contributed by atoms with Crippen molar-refractivity contribution in [1.82, 2.24) is 5.32 Å². The Morgan fingerprint density at radius 2 is 0.948 bits per heavy atom. The number of ether oxygens (including phenoxy) is 2. The third-order valence-electron chi connectivity index (χ3n) is 12.1. The summed E-state index contributed by atoms with van der Waals surface area (Å²) in [6.45, 7) is 3.78. The standard InChI is InChI=1S/C49H95NO8/c1-3-5-7-9-11-13-15-17-18-19-20-21-22-23-24-25-26-27-29-31-33-35-37-39-45(53)50-42(41-57-49-48(56)47(55)46(54)44(40-51)58-49)43(52)38-36-34-32-30-28-16-14-12-10-8-6-4-2/h36,38,42-44,46-49,51-52,54-56H,3-35,37,39-41H2,1-2H3,(H,50,53)/b38-36+. The van der Waals surface area contributed by atoms with Gasteiger partial charge in [-0.3, -0.25) is 4.79 Å². The SMILES string of the molecule is CCCCCCCCCCCC/C=C/C(O)C(COC1OC(CO)C(O)C(O)C1O)NC(=O)CCCCCCCCCCCCCCCCCCCCCCCCC. The van der Waals surface area contributed by atoms with E-state index in [-0.39, 0.29) is 12.5 Å². The van der Waals surface area contributed by atoms with Crippen LogP contribution in [0.4, 0.5) is 0 Å². The van der Waals surface area contributed by atoms with Gasteiger partial charge >= 0.3 is 0 Å². The Morgan fingerprint density at radius 1 is 0.569 bits per heavy atom. The van der Waals surface area contributed by atoms with E-state index in [1.54, 1.807) is 6.08 Å². The van der Waals surface area contributed by atoms with Crippen molar-refractivity contribution >= 4 is 5.91 Å². The van der Waals surface area contributed by atoms with Gasteiger partial charge in [0.15, 0.2) is 6.29 Å². The summed E-state index contributed by atoms with van der Waals surface area (Å²) >= 11 is 0. The maximum atomic E-state index is 13.0. The third-order valence-corrected chi connectivity index (χ3v) is 12.1. The van der Waals surface area contributed by atoms with Crippen LogP contribution in [0.5, 0.6) is 0 Å². The first kappa shape index (κ1) is 54.9. The Morgan fingerprint density at radius 3 is 1.34 bits per heavy atom. The molecule has 0 aromatic carbocycles. The van der Waals surface area contributed by atoms with Crippen molar-refractivity contribution in [1.29, 1.82) is 0 Å². The van der Waals surface area contributed by atoms with Gasteiger partial charge in [-0.1, -0.05) is 225 Å². The summed E-state index contributed by atoms with van der Waals surface area (Å²) in [7, 11) is 0. The van der Waals surface area contributed by atoms with E-state index in [0.717, 1.165) is 38.5 Å². The molecule has 1 amide bonds. The van der Waals surface area contributed by atoms with Gasteiger partial charge in [0.1, 0.15) is 24.4 Å². The summed E-state index contributed by atoms with van der Waals surface area (Å²) in [5, 5.41) is 54.2. The lowest BCUT2D eigenvalue weighted by atomic mass is 9.99. The first-order chi connectivity index (χ1) is 28.3. The van der Waals surface area contributed by atoms with Gasteiger partial charge in [0.25, 0.3) is 0 Å². The molecule has 0 aliphatic carbocycles. The molecule has 7 unspecified atom stereocenters. The summed E-state index contributed by atoms with van der Waals surface area (Å²) < 4.78 is 11.2. The quantitative estimate of drug-likeness (QED) is 0.0263. The van der Waals surface area contributed by atoms with Gasteiger partial charge in [-0.05, 0) is 19.3 Å². The lowest BCUT2D eigenvalue weighted by Crippen LogP contribution is -2.60. The summed E-state index contributed by atoms with van der Waals surface area (Å²) in [6, 6.07) is -0.798. The Labute approximate surface area is 356 Å². The topological polar surface area (TPSA) is 149 Å². The molecule has 9 heteroatoms. The molecule has 1 saturated heterocycles. The molecule has 1 fully saturated rings. The minimum Gasteiger partial charge on any atom is -0.394 e. The second-order valence-corrected chi connectivity index (χ2v) is 17.6. The van der Waals surface area contributed by atoms with Gasteiger partial charge in [-0.15, -0.1) is 0 Å². The number of allylic oxidation sites excluding steroid dienone is 1. The predicted octanol–water partition coefficient (Wildman–Crippen LogP) is 10.9. The van der Waals surface area contributed by atoms with Crippen molar-refractivity contribution in [3.05, 3.63) is 12.2 Å². The van der Waals surface area contributed by atoms with Gasteiger partial charge in [0.2, 0.25) is 5.91 Å². The molecule has 0 radical (unpaired) electrons. The minimum absolute atomic E-state index is 0.173. The first-order valence-corrected chi connectivity index (χ1v) is 24.9. The van der Waals surface area contributed by atoms with Crippen LogP contribution < -0.4 is 5.32 Å². The second kappa shape index (κ2) is 40.0. The van der Waals surface area contributed by atoms with Gasteiger partial charge in [0.05, 0.1) is 25.4 Å². The Kier molecular flexibility index (Phi) is 37.9. The van der Waals surface area contributed by atoms with Crippen LogP contribution in [0.1, 0.15) is 239 Å². The lowest BCUT2D eigenvalue weighted by molar-refractivity contribution is -0.302. The predicted molar refractivity (Wildman–Crippen MR) is 240 cm³/mol. The van der Waals surface area contributed by atoms with Crippen molar-refractivity contribution in [2.45, 2.75) is 281 Å². The van der Waals surface area contributed by atoms with E-state index < -0.39 is 49.5 Å². The van der Waals surface area contributed by atoms with Crippen LogP contribution in [0.15, 0.2) is 12.2 Å². The highest BCUT2D eigenvalue weighted by Gasteiger charge is 2.44. The molecule has 1 aliphatic heterocycles. The Balaban J connectivity index is 2.23. The van der Waals surface area contributed by atoms with E-state index in [0.29, 0.717) is 6.42 Å². The maximum absolute atomic E-state index is 13.0. The highest BCUT2D eigenvalue weighted by Crippen LogP contribution is 2.23. The van der Waals surface area contributed by atoms with Crippen molar-refractivity contribution < 1.29 is 39.8 Å². The van der Waals surface area contributed by atoms with Crippen molar-refractivity contribution in [3.63, 3.8) is 0 Å². The van der Waals surface area contributed by atoms with E-state index in [9.17, 15) is 30.3 Å². The monoisotopic (exact) mass is 826 g/mol. The largest absolute Gasteiger partial charge is 0.394 e. The molecule has 1 aliphatic rings. The molecule has 9 nitrogen and oxygen atoms in total. The van der Waals surface area contributed by atoms with Gasteiger partial charge in [0, 0.05) is 6.42 Å². The molecule has 0 spiro atoms. The molecule has 6 N–H and O–H groups in total. The zero-order chi connectivity index (χ0) is 42.3. The molecule has 1 heterocycles. The molecule has 1 rings (SSSR count). The van der Waals surface area contributed by atoms with Crippen LogP contribution in [0.3, 0.4) is 0 Å². The van der Waals surface area contributed by atoms with Crippen LogP contribution in [-0.4, -0.2) is 87.5 Å². The Hall–Kier alpha value is -1.07. The van der Waals surface area contributed by atoms with Crippen LogP contribution >= 0.6 is 0 Å². The minimum atomic E-state index is -1.56. The number of hydrogen-bond acceptors (Lipinski definition) is 8. The normalized spacial score (nSPS) is 20.8. The van der Waals surface area contributed by atoms with Gasteiger partial charge in [-0.2, -0.15) is 0 Å². The summed E-state index contributed by atoms with van der Waals surface area (Å²) in [6.07, 6.45) is 39.8. The number of unbranched alkanes of at least 4 members (excludes halogenated alkanes) is 32. The fourth-order valence-electron chi connectivity index (χ4n) is 8.10. The van der Waals surface area contributed by atoms with E-state index >= 15 is 0 Å². The van der Waals surface area contributed by atoms with E-state index in [1.807, 2.05) is 6.08 Å². The molecular formula is C49H95NO8. The first-order valence-electron chi connectivity index (χ1n) is 24.9. The van der Waals surface area contributed by atoms with Crippen molar-refractivity contribution in [3.8, 4) is 0 Å². The fraction of sp³-hybridized carbons (Fsp3) is 0.939. The number of aliphatic hydroxyl groups excluding tert-OH is 5. The van der Waals surface area contributed by atoms with Crippen LogP contribution in [0, 0.1) is 0 Å². The molecule has 0 saturated carbocycles. The molecule has 0 aromatic heterocycles. The summed E-state index contributed by atoms with van der Waals surface area (Å²) in [4.78, 5) is 13.0. The number of rotatable bonds is 42. The zero-order valence-electron chi connectivity index (χ0n) is 37.8. The number of amides is 1. The molecule has 7 atom stereocenters. The number of carbonyl (C=O) groups excluding carboxylic acids is 1. The summed E-state index contributed by atoms with van der Waals surface area (Å²) in [5.74, 6) is -0.173. The number of hydrogen-bond donors (Lipinski definition) is 6. The van der Waals surface area contributed by atoms with Gasteiger partial charge < -0.3 is 40.3 Å². The highest BCUT2D eigenvalue weighted by atomic mass is 16.7. The van der Waals surface area contributed by atoms with Crippen LogP contribution in [0.25, 0.3) is 0 Å². The van der Waals surface area contributed by atoms with Crippen LogP contribution in [-0.2, 0) is 14.3 Å². The van der Waals surface area contributed by atoms with E-state index in [2.05, 4.69) is 19.2 Å². The molecule has 58 heavy (non-hydrogen) atoms. The molecule has 344 valence electrons. The lowest BCUT2D eigenvalue weighted by Gasteiger charge is -2.40. The molecular weight excluding hydrogens is 731 g/mol.